The third-order valence-electron chi connectivity index (χ3n) is 3.97. The zero-order chi connectivity index (χ0) is 13.6. The molecule has 0 aliphatic carbocycles. The topological polar surface area (TPSA) is 88.3 Å². The molecule has 0 saturated carbocycles. The molecule has 0 aromatic carbocycles. The van der Waals surface area contributed by atoms with Gasteiger partial charge in [0.1, 0.15) is 9.90 Å². The lowest BCUT2D eigenvalue weighted by Crippen LogP contribution is -2.33. The van der Waals surface area contributed by atoms with E-state index >= 15 is 0 Å². The van der Waals surface area contributed by atoms with E-state index in [1.165, 1.54) is 19.1 Å². The van der Waals surface area contributed by atoms with Gasteiger partial charge in [-0.05, 0) is 37.3 Å². The Labute approximate surface area is 117 Å². The second-order valence-electron chi connectivity index (χ2n) is 5.28. The van der Waals surface area contributed by atoms with Crippen LogP contribution in [-0.4, -0.2) is 49.1 Å². The predicted molar refractivity (Wildman–Crippen MR) is 76.3 cm³/mol. The third-order valence-corrected chi connectivity index (χ3v) is 6.04. The van der Waals surface area contributed by atoms with E-state index in [1.54, 1.807) is 0 Å². The van der Waals surface area contributed by atoms with Gasteiger partial charge in [-0.2, -0.15) is 4.37 Å². The molecule has 1 aromatic rings. The number of hydrogen-bond donors (Lipinski definition) is 2. The lowest BCUT2D eigenvalue weighted by molar-refractivity contribution is 0.318. The van der Waals surface area contributed by atoms with E-state index in [4.69, 9.17) is 5.73 Å². The van der Waals surface area contributed by atoms with Gasteiger partial charge in [0, 0.05) is 24.9 Å². The summed E-state index contributed by atoms with van der Waals surface area (Å²) >= 11 is 1.14. The molecule has 3 N–H and O–H groups in total. The number of rotatable bonds is 3. The van der Waals surface area contributed by atoms with Gasteiger partial charge < -0.3 is 11.1 Å². The average molecular weight is 302 g/mol. The highest BCUT2D eigenvalue weighted by Crippen LogP contribution is 2.35. The molecule has 0 radical (unpaired) electrons. The number of hydrogen-bond acceptors (Lipinski definition) is 7. The van der Waals surface area contributed by atoms with Crippen molar-refractivity contribution in [3.63, 3.8) is 0 Å². The summed E-state index contributed by atoms with van der Waals surface area (Å²) in [4.78, 5) is 2.64. The quantitative estimate of drug-likeness (QED) is 0.858. The van der Waals surface area contributed by atoms with Crippen LogP contribution >= 0.6 is 11.5 Å². The number of nitrogens with two attached hydrogens (primary N) is 1. The van der Waals surface area contributed by atoms with Crippen LogP contribution in [0.4, 0.5) is 10.8 Å². The highest BCUT2D eigenvalue weighted by Gasteiger charge is 2.38. The summed E-state index contributed by atoms with van der Waals surface area (Å²) in [6.07, 6.45) is 4.63. The Bertz CT molecular complexity index is 584. The molecule has 106 valence electrons. The number of nitrogens with zero attached hydrogens (tertiary/aromatic N) is 2. The molecule has 3 heterocycles. The Morgan fingerprint density at radius 3 is 2.95 bits per heavy atom. The molecule has 0 spiro atoms. The number of fused-ring (bicyclic) bond motifs is 1. The molecular formula is C11H18N4O2S2. The normalized spacial score (nSPS) is 27.6. The second kappa shape index (κ2) is 4.60. The first-order chi connectivity index (χ1) is 8.97. The Morgan fingerprint density at radius 2 is 2.21 bits per heavy atom. The summed E-state index contributed by atoms with van der Waals surface area (Å²) in [5.41, 5.74) is 5.68. The van der Waals surface area contributed by atoms with Crippen LogP contribution in [-0.2, 0) is 9.84 Å². The summed E-state index contributed by atoms with van der Waals surface area (Å²) in [5.74, 6) is 0.108. The van der Waals surface area contributed by atoms with Crippen molar-refractivity contribution in [1.29, 1.82) is 0 Å². The van der Waals surface area contributed by atoms with Crippen LogP contribution in [0.1, 0.15) is 19.3 Å². The van der Waals surface area contributed by atoms with Gasteiger partial charge in [-0.1, -0.05) is 0 Å². The minimum atomic E-state index is -3.34. The van der Waals surface area contributed by atoms with Crippen LogP contribution in [0.5, 0.6) is 0 Å². The minimum absolute atomic E-state index is 0.108. The summed E-state index contributed by atoms with van der Waals surface area (Å²) in [5, 5.41) is 3.96. The number of nitrogen functional groups attached to an aromatic ring is 1. The van der Waals surface area contributed by atoms with E-state index in [9.17, 15) is 8.42 Å². The molecule has 3 rings (SSSR count). The molecule has 2 aliphatic rings. The molecule has 2 saturated heterocycles. The zero-order valence-corrected chi connectivity index (χ0v) is 12.4. The van der Waals surface area contributed by atoms with Crippen molar-refractivity contribution in [2.24, 2.45) is 0 Å². The lowest BCUT2D eigenvalue weighted by Gasteiger charge is -2.21. The predicted octanol–water partition coefficient (Wildman–Crippen LogP) is 0.777. The van der Waals surface area contributed by atoms with Crippen LogP contribution in [0, 0.1) is 0 Å². The largest absolute Gasteiger partial charge is 0.382 e. The fraction of sp³-hybridized carbons (Fsp3) is 0.727. The Morgan fingerprint density at radius 1 is 1.42 bits per heavy atom. The molecule has 8 heteroatoms. The minimum Gasteiger partial charge on any atom is -0.382 e. The first-order valence-electron chi connectivity index (χ1n) is 6.42. The van der Waals surface area contributed by atoms with Gasteiger partial charge in [-0.3, -0.25) is 4.90 Å². The van der Waals surface area contributed by atoms with E-state index in [0.29, 0.717) is 17.1 Å². The fourth-order valence-electron chi connectivity index (χ4n) is 3.16. The van der Waals surface area contributed by atoms with E-state index in [-0.39, 0.29) is 10.7 Å². The maximum absolute atomic E-state index is 11.8. The molecule has 2 atom stereocenters. The third kappa shape index (κ3) is 2.32. The molecule has 2 aliphatic heterocycles. The standard InChI is InChI=1S/C11H18N4O2S2/c1-19(16,17)9-10(12)14-18-11(9)13-7-4-6-15-5-2-3-8(7)15/h7-8,13H,2-6H2,1H3,(H2,12,14). The van der Waals surface area contributed by atoms with Crippen LogP contribution < -0.4 is 11.1 Å². The Kier molecular flexibility index (Phi) is 3.18. The Balaban J connectivity index is 1.85. The maximum Gasteiger partial charge on any atom is 0.182 e. The molecule has 2 fully saturated rings. The van der Waals surface area contributed by atoms with Crippen molar-refractivity contribution in [3.8, 4) is 0 Å². The average Bonchev–Trinajstić information content (AvgIpc) is 2.95. The van der Waals surface area contributed by atoms with Crippen molar-refractivity contribution < 1.29 is 8.42 Å². The lowest BCUT2D eigenvalue weighted by atomic mass is 10.1. The monoisotopic (exact) mass is 302 g/mol. The van der Waals surface area contributed by atoms with Gasteiger partial charge >= 0.3 is 0 Å². The van der Waals surface area contributed by atoms with Gasteiger partial charge in [0.25, 0.3) is 0 Å². The van der Waals surface area contributed by atoms with Crippen LogP contribution in [0.2, 0.25) is 0 Å². The summed E-state index contributed by atoms with van der Waals surface area (Å²) in [6, 6.07) is 0.832. The number of aromatic nitrogens is 1. The summed E-state index contributed by atoms with van der Waals surface area (Å²) in [6.45, 7) is 2.25. The van der Waals surface area contributed by atoms with E-state index in [1.807, 2.05) is 0 Å². The van der Waals surface area contributed by atoms with Gasteiger partial charge in [0.05, 0.1) is 0 Å². The maximum atomic E-state index is 11.8. The number of anilines is 2. The molecule has 2 unspecified atom stereocenters. The van der Waals surface area contributed by atoms with Crippen molar-refractivity contribution in [2.45, 2.75) is 36.2 Å². The smallest absolute Gasteiger partial charge is 0.182 e. The van der Waals surface area contributed by atoms with Crippen LogP contribution in [0.15, 0.2) is 4.90 Å². The SMILES string of the molecule is CS(=O)(=O)c1c(N)nsc1NC1CCN2CCCC12. The van der Waals surface area contributed by atoms with E-state index in [0.717, 1.165) is 31.0 Å². The van der Waals surface area contributed by atoms with Crippen molar-refractivity contribution >= 4 is 32.2 Å². The molecule has 0 bridgehead atoms. The van der Waals surface area contributed by atoms with E-state index < -0.39 is 9.84 Å². The first-order valence-corrected chi connectivity index (χ1v) is 9.09. The van der Waals surface area contributed by atoms with Crippen LogP contribution in [0.25, 0.3) is 0 Å². The highest BCUT2D eigenvalue weighted by molar-refractivity contribution is 7.91. The summed E-state index contributed by atoms with van der Waals surface area (Å²) < 4.78 is 27.5. The van der Waals surface area contributed by atoms with Gasteiger partial charge in [0.2, 0.25) is 0 Å². The summed E-state index contributed by atoms with van der Waals surface area (Å²) in [7, 11) is -3.34. The van der Waals surface area contributed by atoms with Crippen molar-refractivity contribution in [1.82, 2.24) is 9.27 Å². The number of sulfone groups is 1. The van der Waals surface area contributed by atoms with Gasteiger partial charge in [-0.15, -0.1) is 0 Å². The molecule has 6 nitrogen and oxygen atoms in total. The Hall–Kier alpha value is -0.860. The van der Waals surface area contributed by atoms with Crippen LogP contribution in [0.3, 0.4) is 0 Å². The molecule has 1 aromatic heterocycles. The van der Waals surface area contributed by atoms with Crippen molar-refractivity contribution in [2.75, 3.05) is 30.4 Å². The molecule has 0 amide bonds. The molecule has 19 heavy (non-hydrogen) atoms. The molecular weight excluding hydrogens is 284 g/mol. The van der Waals surface area contributed by atoms with Crippen molar-refractivity contribution in [3.05, 3.63) is 0 Å². The zero-order valence-electron chi connectivity index (χ0n) is 10.8. The highest BCUT2D eigenvalue weighted by atomic mass is 32.2. The van der Waals surface area contributed by atoms with Gasteiger partial charge in [0.15, 0.2) is 15.7 Å². The first kappa shape index (κ1) is 13.1. The number of nitrogens with one attached hydrogen (secondary N) is 1. The fourth-order valence-corrected chi connectivity index (χ4v) is 5.28. The second-order valence-corrected chi connectivity index (χ2v) is 8.01. The van der Waals surface area contributed by atoms with Gasteiger partial charge in [-0.25, -0.2) is 8.42 Å². The van der Waals surface area contributed by atoms with E-state index in [2.05, 4.69) is 14.6 Å².